The lowest BCUT2D eigenvalue weighted by atomic mass is 10.1. The minimum atomic E-state index is -0.446. The minimum Gasteiger partial charge on any atom is -0.320 e. The van der Waals surface area contributed by atoms with Gasteiger partial charge in [-0.2, -0.15) is 0 Å². The Morgan fingerprint density at radius 3 is 2.67 bits per heavy atom. The zero-order valence-electron chi connectivity index (χ0n) is 10.7. The molecule has 98 valence electrons. The highest BCUT2D eigenvalue weighted by molar-refractivity contribution is 5.75. The molecule has 0 radical (unpaired) electrons. The Labute approximate surface area is 107 Å². The first-order chi connectivity index (χ1) is 8.76. The Bertz CT molecular complexity index is 396. The van der Waals surface area contributed by atoms with Crippen LogP contribution in [0.4, 0.5) is 9.18 Å². The Balaban J connectivity index is 2.05. The van der Waals surface area contributed by atoms with E-state index in [0.29, 0.717) is 26.1 Å². The molecule has 2 rings (SSSR count). The third-order valence-corrected chi connectivity index (χ3v) is 3.42. The predicted octanol–water partition coefficient (Wildman–Crippen LogP) is 2.67. The molecule has 1 aromatic rings. The summed E-state index contributed by atoms with van der Waals surface area (Å²) in [4.78, 5) is 15.6. The second-order valence-electron chi connectivity index (χ2n) is 4.57. The van der Waals surface area contributed by atoms with Gasteiger partial charge in [0.05, 0.1) is 6.04 Å². The van der Waals surface area contributed by atoms with Crippen LogP contribution in [0, 0.1) is 0 Å². The molecule has 18 heavy (non-hydrogen) atoms. The number of amides is 2. The molecule has 0 saturated carbocycles. The van der Waals surface area contributed by atoms with Crippen molar-refractivity contribution in [3.05, 3.63) is 35.9 Å². The predicted molar refractivity (Wildman–Crippen MR) is 69.0 cm³/mol. The Morgan fingerprint density at radius 2 is 2.06 bits per heavy atom. The summed E-state index contributed by atoms with van der Waals surface area (Å²) < 4.78 is 12.8. The molecular weight excluding hydrogens is 231 g/mol. The van der Waals surface area contributed by atoms with E-state index < -0.39 is 6.67 Å². The van der Waals surface area contributed by atoms with Gasteiger partial charge in [0.15, 0.2) is 0 Å². The van der Waals surface area contributed by atoms with Gasteiger partial charge < -0.3 is 9.80 Å². The molecule has 1 aliphatic rings. The molecule has 0 bridgehead atoms. The van der Waals surface area contributed by atoms with E-state index in [1.165, 1.54) is 0 Å². The van der Waals surface area contributed by atoms with Gasteiger partial charge in [0, 0.05) is 19.6 Å². The number of rotatable bonds is 4. The molecule has 1 fully saturated rings. The number of benzene rings is 1. The third-order valence-electron chi connectivity index (χ3n) is 3.42. The SMILES string of the molecule is CCN1C(=O)N(Cc2ccccc2)CC[C@H]1CF. The van der Waals surface area contributed by atoms with Crippen LogP contribution in [-0.2, 0) is 6.54 Å². The van der Waals surface area contributed by atoms with E-state index in [0.717, 1.165) is 5.56 Å². The van der Waals surface area contributed by atoms with Crippen LogP contribution in [0.5, 0.6) is 0 Å². The number of alkyl halides is 1. The maximum Gasteiger partial charge on any atom is 0.320 e. The molecule has 3 nitrogen and oxygen atoms in total. The molecule has 0 spiro atoms. The molecule has 0 N–H and O–H groups in total. The van der Waals surface area contributed by atoms with Gasteiger partial charge in [-0.1, -0.05) is 30.3 Å². The van der Waals surface area contributed by atoms with Gasteiger partial charge >= 0.3 is 6.03 Å². The van der Waals surface area contributed by atoms with Crippen LogP contribution < -0.4 is 0 Å². The Hall–Kier alpha value is -1.58. The number of nitrogens with zero attached hydrogens (tertiary/aromatic N) is 2. The van der Waals surface area contributed by atoms with Crippen molar-refractivity contribution in [2.24, 2.45) is 0 Å². The van der Waals surface area contributed by atoms with Gasteiger partial charge in [0.1, 0.15) is 6.67 Å². The van der Waals surface area contributed by atoms with Crippen molar-refractivity contribution in [1.29, 1.82) is 0 Å². The van der Waals surface area contributed by atoms with E-state index >= 15 is 0 Å². The van der Waals surface area contributed by atoms with E-state index in [9.17, 15) is 9.18 Å². The molecule has 0 aliphatic carbocycles. The molecule has 2 amide bonds. The highest BCUT2D eigenvalue weighted by atomic mass is 19.1. The van der Waals surface area contributed by atoms with Crippen LogP contribution in [0.25, 0.3) is 0 Å². The Morgan fingerprint density at radius 1 is 1.33 bits per heavy atom. The van der Waals surface area contributed by atoms with E-state index in [4.69, 9.17) is 0 Å². The molecule has 1 saturated heterocycles. The van der Waals surface area contributed by atoms with Crippen molar-refractivity contribution in [1.82, 2.24) is 9.80 Å². The van der Waals surface area contributed by atoms with Crippen LogP contribution >= 0.6 is 0 Å². The van der Waals surface area contributed by atoms with Gasteiger partial charge in [-0.3, -0.25) is 0 Å². The number of hydrogen-bond donors (Lipinski definition) is 0. The fourth-order valence-corrected chi connectivity index (χ4v) is 2.40. The summed E-state index contributed by atoms with van der Waals surface area (Å²) in [6, 6.07) is 9.61. The minimum absolute atomic E-state index is 0.0461. The molecule has 1 aromatic carbocycles. The van der Waals surface area contributed by atoms with E-state index in [2.05, 4.69) is 0 Å². The van der Waals surface area contributed by atoms with Crippen molar-refractivity contribution in [3.8, 4) is 0 Å². The highest BCUT2D eigenvalue weighted by Crippen LogP contribution is 2.18. The zero-order valence-corrected chi connectivity index (χ0v) is 10.7. The first-order valence-corrected chi connectivity index (χ1v) is 6.41. The van der Waals surface area contributed by atoms with Gasteiger partial charge in [-0.15, -0.1) is 0 Å². The van der Waals surface area contributed by atoms with Crippen molar-refractivity contribution in [2.45, 2.75) is 25.9 Å². The largest absolute Gasteiger partial charge is 0.320 e. The third kappa shape index (κ3) is 2.63. The molecule has 1 aliphatic heterocycles. The fraction of sp³-hybridized carbons (Fsp3) is 0.500. The number of urea groups is 1. The van der Waals surface area contributed by atoms with Crippen molar-refractivity contribution in [2.75, 3.05) is 19.8 Å². The van der Waals surface area contributed by atoms with Gasteiger partial charge in [-0.05, 0) is 18.9 Å². The van der Waals surface area contributed by atoms with Crippen molar-refractivity contribution < 1.29 is 9.18 Å². The molecule has 0 unspecified atom stereocenters. The van der Waals surface area contributed by atoms with Crippen LogP contribution in [0.1, 0.15) is 18.9 Å². The second-order valence-corrected chi connectivity index (χ2v) is 4.57. The van der Waals surface area contributed by atoms with Crippen LogP contribution in [0.3, 0.4) is 0 Å². The Kier molecular flexibility index (Phi) is 4.18. The fourth-order valence-electron chi connectivity index (χ4n) is 2.40. The van der Waals surface area contributed by atoms with E-state index in [-0.39, 0.29) is 12.1 Å². The lowest BCUT2D eigenvalue weighted by Gasteiger charge is -2.40. The lowest BCUT2D eigenvalue weighted by molar-refractivity contribution is 0.0878. The number of carbonyl (C=O) groups excluding carboxylic acids is 1. The molecular formula is C14H19FN2O. The summed E-state index contributed by atoms with van der Waals surface area (Å²) in [7, 11) is 0. The number of carbonyl (C=O) groups is 1. The number of halogens is 1. The average molecular weight is 250 g/mol. The zero-order chi connectivity index (χ0) is 13.0. The summed E-state index contributed by atoms with van der Waals surface area (Å²) >= 11 is 0. The maximum atomic E-state index is 12.8. The first-order valence-electron chi connectivity index (χ1n) is 6.41. The summed E-state index contributed by atoms with van der Waals surface area (Å²) in [6.45, 7) is 3.26. The highest BCUT2D eigenvalue weighted by Gasteiger charge is 2.31. The average Bonchev–Trinajstić information content (AvgIpc) is 2.42. The topological polar surface area (TPSA) is 23.6 Å². The van der Waals surface area contributed by atoms with Crippen LogP contribution in [-0.4, -0.2) is 41.6 Å². The molecule has 1 atom stereocenters. The summed E-state index contributed by atoms with van der Waals surface area (Å²) in [5, 5.41) is 0. The van der Waals surface area contributed by atoms with Gasteiger partial charge in [-0.25, -0.2) is 9.18 Å². The summed E-state index contributed by atoms with van der Waals surface area (Å²) in [5.41, 5.74) is 1.11. The smallest absolute Gasteiger partial charge is 0.320 e. The summed E-state index contributed by atoms with van der Waals surface area (Å²) in [6.07, 6.45) is 0.711. The normalized spacial score (nSPS) is 20.3. The van der Waals surface area contributed by atoms with Crippen molar-refractivity contribution in [3.63, 3.8) is 0 Å². The van der Waals surface area contributed by atoms with Crippen LogP contribution in [0.15, 0.2) is 30.3 Å². The number of hydrogen-bond acceptors (Lipinski definition) is 1. The molecule has 1 heterocycles. The van der Waals surface area contributed by atoms with Gasteiger partial charge in [0.2, 0.25) is 0 Å². The van der Waals surface area contributed by atoms with E-state index in [1.807, 2.05) is 37.3 Å². The monoisotopic (exact) mass is 250 g/mol. The summed E-state index contributed by atoms with van der Waals surface area (Å²) in [5.74, 6) is 0. The second kappa shape index (κ2) is 5.85. The van der Waals surface area contributed by atoms with E-state index in [1.54, 1.807) is 9.80 Å². The van der Waals surface area contributed by atoms with Crippen molar-refractivity contribution >= 4 is 6.03 Å². The quantitative estimate of drug-likeness (QED) is 0.806. The van der Waals surface area contributed by atoms with Gasteiger partial charge in [0.25, 0.3) is 0 Å². The lowest BCUT2D eigenvalue weighted by Crippen LogP contribution is -2.54. The molecule has 0 aromatic heterocycles. The molecule has 4 heteroatoms. The first kappa shape index (κ1) is 12.9. The standard InChI is InChI=1S/C14H19FN2O/c1-2-17-13(10-15)8-9-16(14(17)18)11-12-6-4-3-5-7-12/h3-7,13H,2,8-11H2,1H3/t13-/m0/s1. The maximum absolute atomic E-state index is 12.8. The van der Waals surface area contributed by atoms with Crippen LogP contribution in [0.2, 0.25) is 0 Å².